The zero-order valence-corrected chi connectivity index (χ0v) is 24.9. The molecule has 0 fully saturated rings. The quantitative estimate of drug-likeness (QED) is 0.193. The summed E-state index contributed by atoms with van der Waals surface area (Å²) in [6.45, 7) is 0. The van der Waals surface area contributed by atoms with E-state index < -0.39 is 0 Å². The van der Waals surface area contributed by atoms with Gasteiger partial charge in [0.15, 0.2) is 5.82 Å². The highest BCUT2D eigenvalue weighted by atomic mass is 14.9. The van der Waals surface area contributed by atoms with Gasteiger partial charge in [0.2, 0.25) is 0 Å². The molecule has 214 valence electrons. The van der Waals surface area contributed by atoms with Crippen LogP contribution in [0.15, 0.2) is 164 Å². The number of rotatable bonds is 4. The van der Waals surface area contributed by atoms with Crippen molar-refractivity contribution in [1.29, 1.82) is 0 Å². The number of para-hydroxylation sites is 2. The van der Waals surface area contributed by atoms with Gasteiger partial charge in [0.25, 0.3) is 0 Å². The molecule has 2 aromatic heterocycles. The van der Waals surface area contributed by atoms with Gasteiger partial charge in [0.1, 0.15) is 0 Å². The molecule has 3 nitrogen and oxygen atoms in total. The first-order valence-corrected chi connectivity index (χ1v) is 15.5. The third-order valence-corrected chi connectivity index (χ3v) is 8.88. The highest BCUT2D eigenvalue weighted by Crippen LogP contribution is 2.37. The number of hydrogen-bond donors (Lipinski definition) is 0. The molecule has 0 saturated heterocycles. The van der Waals surface area contributed by atoms with Gasteiger partial charge in [-0.05, 0) is 34.0 Å². The molecule has 0 bridgehead atoms. The van der Waals surface area contributed by atoms with Crippen molar-refractivity contribution in [2.24, 2.45) is 0 Å². The molecule has 0 spiro atoms. The molecule has 9 rings (SSSR count). The first kappa shape index (κ1) is 26.2. The molecule has 7 aromatic carbocycles. The van der Waals surface area contributed by atoms with E-state index in [0.717, 1.165) is 61.4 Å². The number of hydrogen-bond acceptors (Lipinski definition) is 3. The lowest BCUT2D eigenvalue weighted by Gasteiger charge is -2.13. The standard InChI is InChI=1S/C43H27N3/c1-2-11-31(12-3-1)41-36-15-7-9-17-39(36)45-43(46-41)33-24-20-29(21-25-33)28-18-22-32(23-19-28)42-37-27-26-30-10-4-5-13-34(30)40(37)35-14-6-8-16-38(35)44-42/h1-27H. The van der Waals surface area contributed by atoms with Crippen LogP contribution in [0.5, 0.6) is 0 Å². The fourth-order valence-electron chi connectivity index (χ4n) is 6.60. The molecule has 0 aliphatic carbocycles. The van der Waals surface area contributed by atoms with Crippen molar-refractivity contribution in [3.8, 4) is 45.0 Å². The Morgan fingerprint density at radius 3 is 1.54 bits per heavy atom. The Labute approximate surface area is 266 Å². The van der Waals surface area contributed by atoms with Gasteiger partial charge in [0, 0.05) is 38.2 Å². The van der Waals surface area contributed by atoms with E-state index in [1.807, 2.05) is 30.3 Å². The number of aromatic nitrogens is 3. The minimum absolute atomic E-state index is 0.723. The van der Waals surface area contributed by atoms with Gasteiger partial charge in [-0.1, -0.05) is 152 Å². The lowest BCUT2D eigenvalue weighted by atomic mass is 9.94. The molecule has 0 aliphatic rings. The van der Waals surface area contributed by atoms with E-state index in [1.54, 1.807) is 0 Å². The fraction of sp³-hybridized carbons (Fsp3) is 0. The van der Waals surface area contributed by atoms with Gasteiger partial charge in [-0.25, -0.2) is 15.0 Å². The molecule has 9 aromatic rings. The Morgan fingerprint density at radius 2 is 0.804 bits per heavy atom. The van der Waals surface area contributed by atoms with E-state index in [1.165, 1.54) is 26.9 Å². The smallest absolute Gasteiger partial charge is 0.160 e. The molecule has 3 heteroatoms. The van der Waals surface area contributed by atoms with Gasteiger partial charge in [-0.15, -0.1) is 0 Å². The van der Waals surface area contributed by atoms with Crippen molar-refractivity contribution < 1.29 is 0 Å². The molecular formula is C43H27N3. The van der Waals surface area contributed by atoms with E-state index in [9.17, 15) is 0 Å². The van der Waals surface area contributed by atoms with E-state index in [4.69, 9.17) is 15.0 Å². The Morgan fingerprint density at radius 1 is 0.283 bits per heavy atom. The van der Waals surface area contributed by atoms with Crippen LogP contribution in [0.25, 0.3) is 88.4 Å². The number of pyridine rings is 1. The molecule has 2 heterocycles. The van der Waals surface area contributed by atoms with Crippen molar-refractivity contribution >= 4 is 43.4 Å². The second-order valence-corrected chi connectivity index (χ2v) is 11.6. The SMILES string of the molecule is c1ccc(-c2nc(-c3ccc(-c4ccc(-c5nc6ccccc6c6c5ccc5ccccc56)cc4)cc3)nc3ccccc23)cc1. The maximum atomic E-state index is 5.16. The molecule has 0 aliphatic heterocycles. The zero-order chi connectivity index (χ0) is 30.5. The Hall–Kier alpha value is -6.19. The molecule has 0 atom stereocenters. The summed E-state index contributed by atoms with van der Waals surface area (Å²) in [5.41, 5.74) is 9.36. The Balaban J connectivity index is 1.09. The van der Waals surface area contributed by atoms with Crippen LogP contribution in [0.3, 0.4) is 0 Å². The van der Waals surface area contributed by atoms with Gasteiger partial charge in [-0.3, -0.25) is 0 Å². The van der Waals surface area contributed by atoms with Gasteiger partial charge < -0.3 is 0 Å². The van der Waals surface area contributed by atoms with Gasteiger partial charge in [0.05, 0.1) is 22.4 Å². The maximum Gasteiger partial charge on any atom is 0.160 e. The summed E-state index contributed by atoms with van der Waals surface area (Å²) in [6.07, 6.45) is 0. The summed E-state index contributed by atoms with van der Waals surface area (Å²) in [5.74, 6) is 0.723. The third kappa shape index (κ3) is 4.41. The summed E-state index contributed by atoms with van der Waals surface area (Å²) in [4.78, 5) is 15.1. The monoisotopic (exact) mass is 585 g/mol. The third-order valence-electron chi connectivity index (χ3n) is 8.88. The molecule has 0 saturated carbocycles. The first-order chi connectivity index (χ1) is 22.8. The van der Waals surface area contributed by atoms with Crippen LogP contribution in [0, 0.1) is 0 Å². The molecule has 0 unspecified atom stereocenters. The predicted octanol–water partition coefficient (Wildman–Crippen LogP) is 11.2. The minimum atomic E-state index is 0.723. The number of benzene rings is 7. The number of nitrogens with zero attached hydrogens (tertiary/aromatic N) is 3. The topological polar surface area (TPSA) is 38.7 Å². The normalized spacial score (nSPS) is 11.5. The van der Waals surface area contributed by atoms with Crippen LogP contribution in [-0.2, 0) is 0 Å². The maximum absolute atomic E-state index is 5.16. The fourth-order valence-corrected chi connectivity index (χ4v) is 6.60. The molecule has 0 N–H and O–H groups in total. The van der Waals surface area contributed by atoms with Crippen LogP contribution in [0.1, 0.15) is 0 Å². The first-order valence-electron chi connectivity index (χ1n) is 15.5. The van der Waals surface area contributed by atoms with E-state index in [0.29, 0.717) is 0 Å². The predicted molar refractivity (Wildman–Crippen MR) is 192 cm³/mol. The van der Waals surface area contributed by atoms with Crippen molar-refractivity contribution in [1.82, 2.24) is 15.0 Å². The molecule has 0 radical (unpaired) electrons. The molecular weight excluding hydrogens is 558 g/mol. The van der Waals surface area contributed by atoms with Crippen molar-refractivity contribution in [2.75, 3.05) is 0 Å². The van der Waals surface area contributed by atoms with Crippen molar-refractivity contribution in [3.05, 3.63) is 164 Å². The highest BCUT2D eigenvalue weighted by molar-refractivity contribution is 6.22. The lowest BCUT2D eigenvalue weighted by molar-refractivity contribution is 1.23. The van der Waals surface area contributed by atoms with Crippen molar-refractivity contribution in [3.63, 3.8) is 0 Å². The minimum Gasteiger partial charge on any atom is -0.247 e. The Bertz CT molecular complexity index is 2540. The summed E-state index contributed by atoms with van der Waals surface area (Å²) in [6, 6.07) is 57.3. The number of fused-ring (bicyclic) bond motifs is 6. The van der Waals surface area contributed by atoms with E-state index in [2.05, 4.69) is 133 Å². The highest BCUT2D eigenvalue weighted by Gasteiger charge is 2.14. The van der Waals surface area contributed by atoms with Crippen LogP contribution < -0.4 is 0 Å². The largest absolute Gasteiger partial charge is 0.247 e. The summed E-state index contributed by atoms with van der Waals surface area (Å²) in [5, 5.41) is 7.14. The second-order valence-electron chi connectivity index (χ2n) is 11.6. The lowest BCUT2D eigenvalue weighted by Crippen LogP contribution is -1.95. The van der Waals surface area contributed by atoms with E-state index in [-0.39, 0.29) is 0 Å². The van der Waals surface area contributed by atoms with Crippen LogP contribution in [-0.4, -0.2) is 15.0 Å². The van der Waals surface area contributed by atoms with Crippen molar-refractivity contribution in [2.45, 2.75) is 0 Å². The van der Waals surface area contributed by atoms with E-state index >= 15 is 0 Å². The average Bonchev–Trinajstić information content (AvgIpc) is 3.14. The molecule has 46 heavy (non-hydrogen) atoms. The second kappa shape index (κ2) is 10.8. The summed E-state index contributed by atoms with van der Waals surface area (Å²) in [7, 11) is 0. The molecule has 0 amide bonds. The summed E-state index contributed by atoms with van der Waals surface area (Å²) >= 11 is 0. The van der Waals surface area contributed by atoms with Crippen LogP contribution in [0.4, 0.5) is 0 Å². The Kier molecular flexibility index (Phi) is 6.14. The summed E-state index contributed by atoms with van der Waals surface area (Å²) < 4.78 is 0. The average molecular weight is 586 g/mol. The zero-order valence-electron chi connectivity index (χ0n) is 24.9. The van der Waals surface area contributed by atoms with Crippen LogP contribution >= 0.6 is 0 Å². The van der Waals surface area contributed by atoms with Gasteiger partial charge in [-0.2, -0.15) is 0 Å². The van der Waals surface area contributed by atoms with Gasteiger partial charge >= 0.3 is 0 Å². The van der Waals surface area contributed by atoms with Crippen LogP contribution in [0.2, 0.25) is 0 Å².